The van der Waals surface area contributed by atoms with Crippen LogP contribution in [0.4, 0.5) is 0 Å². The summed E-state index contributed by atoms with van der Waals surface area (Å²) in [5.74, 6) is 0.679. The van der Waals surface area contributed by atoms with E-state index >= 15 is 0 Å². The maximum absolute atomic E-state index is 12.7. The van der Waals surface area contributed by atoms with Crippen molar-refractivity contribution in [2.45, 2.75) is 26.1 Å². The van der Waals surface area contributed by atoms with Crippen molar-refractivity contribution in [1.29, 1.82) is 0 Å². The summed E-state index contributed by atoms with van der Waals surface area (Å²) in [5, 5.41) is 10.3. The molecule has 142 valence electrons. The number of para-hydroxylation sites is 1. The molecule has 0 bridgehead atoms. The van der Waals surface area contributed by atoms with Gasteiger partial charge >= 0.3 is 0 Å². The van der Waals surface area contributed by atoms with Gasteiger partial charge in [0, 0.05) is 35.6 Å². The first-order chi connectivity index (χ1) is 13.7. The summed E-state index contributed by atoms with van der Waals surface area (Å²) in [6, 6.07) is 14.1. The van der Waals surface area contributed by atoms with Crippen LogP contribution in [0.15, 0.2) is 52.3 Å². The molecule has 1 aliphatic rings. The summed E-state index contributed by atoms with van der Waals surface area (Å²) in [5.41, 5.74) is 3.50. The van der Waals surface area contributed by atoms with Crippen LogP contribution in [0.25, 0.3) is 22.4 Å². The average Bonchev–Trinajstić information content (AvgIpc) is 3.43. The monoisotopic (exact) mass is 392 g/mol. The number of amides is 1. The molecule has 0 fully saturated rings. The normalized spacial score (nSPS) is 16.2. The highest BCUT2D eigenvalue weighted by atomic mass is 32.1. The molecule has 7 heteroatoms. The maximum atomic E-state index is 12.7. The van der Waals surface area contributed by atoms with Crippen molar-refractivity contribution in [1.82, 2.24) is 20.2 Å². The first-order valence-electron chi connectivity index (χ1n) is 9.33. The minimum Gasteiger partial charge on any atom is -0.454 e. The Bertz CT molecular complexity index is 1120. The van der Waals surface area contributed by atoms with E-state index in [4.69, 9.17) is 4.42 Å². The Morgan fingerprint density at radius 1 is 1.36 bits per heavy atom. The van der Waals surface area contributed by atoms with Gasteiger partial charge in [-0.05, 0) is 31.2 Å². The highest BCUT2D eigenvalue weighted by Crippen LogP contribution is 2.28. The van der Waals surface area contributed by atoms with Crippen LogP contribution < -0.4 is 10.6 Å². The molecular formula is C21H20N4O2S. The van der Waals surface area contributed by atoms with Crippen LogP contribution in [0.3, 0.4) is 0 Å². The van der Waals surface area contributed by atoms with Crippen LogP contribution in [0.2, 0.25) is 0 Å². The summed E-state index contributed by atoms with van der Waals surface area (Å²) in [6.07, 6.45) is 0. The number of thiazole rings is 1. The number of carbonyl (C=O) groups excluding carboxylic acids is 1. The predicted octanol–water partition coefficient (Wildman–Crippen LogP) is 3.95. The molecule has 0 spiro atoms. The zero-order chi connectivity index (χ0) is 19.1. The SMILES string of the molecule is CC1NCCn2c(C(=O)NCc3nc(-c4cc5ccccc5o4)cs3)ccc21. The largest absolute Gasteiger partial charge is 0.454 e. The van der Waals surface area contributed by atoms with Crippen LogP contribution >= 0.6 is 11.3 Å². The van der Waals surface area contributed by atoms with Gasteiger partial charge in [-0.2, -0.15) is 0 Å². The third kappa shape index (κ3) is 3.02. The fourth-order valence-electron chi connectivity index (χ4n) is 3.67. The van der Waals surface area contributed by atoms with E-state index in [0.717, 1.165) is 46.2 Å². The minimum absolute atomic E-state index is 0.0687. The van der Waals surface area contributed by atoms with E-state index in [1.807, 2.05) is 47.8 Å². The second-order valence-corrected chi connectivity index (χ2v) is 7.87. The maximum Gasteiger partial charge on any atom is 0.268 e. The standard InChI is InChI=1S/C21H20N4O2S/c1-13-16-6-7-17(25(16)9-8-22-13)21(26)23-11-20-24-15(12-28-20)19-10-14-4-2-3-5-18(14)27-19/h2-7,10,12-13,22H,8-9,11H2,1H3,(H,23,26). The van der Waals surface area contributed by atoms with Crippen molar-refractivity contribution in [3.8, 4) is 11.5 Å². The highest BCUT2D eigenvalue weighted by molar-refractivity contribution is 7.09. The van der Waals surface area contributed by atoms with Gasteiger partial charge < -0.3 is 19.6 Å². The van der Waals surface area contributed by atoms with Gasteiger partial charge in [0.05, 0.1) is 6.54 Å². The van der Waals surface area contributed by atoms with Crippen LogP contribution in [-0.2, 0) is 13.1 Å². The van der Waals surface area contributed by atoms with E-state index in [0.29, 0.717) is 12.2 Å². The van der Waals surface area contributed by atoms with Gasteiger partial charge in [0.25, 0.3) is 5.91 Å². The second-order valence-electron chi connectivity index (χ2n) is 6.93. The lowest BCUT2D eigenvalue weighted by Gasteiger charge is -2.24. The number of hydrogen-bond acceptors (Lipinski definition) is 5. The Morgan fingerprint density at radius 2 is 2.25 bits per heavy atom. The average molecular weight is 392 g/mol. The summed E-state index contributed by atoms with van der Waals surface area (Å²) in [7, 11) is 0. The Kier molecular flexibility index (Phi) is 4.26. The Balaban J connectivity index is 1.29. The lowest BCUT2D eigenvalue weighted by atomic mass is 10.2. The third-order valence-electron chi connectivity index (χ3n) is 5.11. The van der Waals surface area contributed by atoms with E-state index in [-0.39, 0.29) is 11.9 Å². The number of nitrogens with zero attached hydrogens (tertiary/aromatic N) is 2. The highest BCUT2D eigenvalue weighted by Gasteiger charge is 2.21. The first kappa shape index (κ1) is 17.2. The van der Waals surface area contributed by atoms with E-state index in [9.17, 15) is 4.79 Å². The van der Waals surface area contributed by atoms with Gasteiger partial charge in [0.2, 0.25) is 0 Å². The summed E-state index contributed by atoms with van der Waals surface area (Å²) >= 11 is 1.52. The predicted molar refractivity (Wildman–Crippen MR) is 109 cm³/mol. The molecule has 4 heterocycles. The van der Waals surface area contributed by atoms with Crippen LogP contribution in [-0.4, -0.2) is 22.0 Å². The van der Waals surface area contributed by atoms with Crippen LogP contribution in [0.5, 0.6) is 0 Å². The molecule has 0 aliphatic carbocycles. The van der Waals surface area contributed by atoms with Gasteiger partial charge in [-0.1, -0.05) is 18.2 Å². The topological polar surface area (TPSA) is 72.1 Å². The zero-order valence-corrected chi connectivity index (χ0v) is 16.3. The minimum atomic E-state index is -0.0687. The second kappa shape index (κ2) is 6.92. The van der Waals surface area contributed by atoms with Gasteiger partial charge in [-0.3, -0.25) is 4.79 Å². The van der Waals surface area contributed by atoms with Crippen molar-refractivity contribution in [2.75, 3.05) is 6.54 Å². The summed E-state index contributed by atoms with van der Waals surface area (Å²) in [6.45, 7) is 4.19. The molecule has 3 aromatic heterocycles. The van der Waals surface area contributed by atoms with E-state index in [1.54, 1.807) is 0 Å². The molecule has 1 aromatic carbocycles. The fraction of sp³-hybridized carbons (Fsp3) is 0.238. The van der Waals surface area contributed by atoms with Gasteiger partial charge in [0.15, 0.2) is 5.76 Å². The first-order valence-corrected chi connectivity index (χ1v) is 10.2. The number of nitrogens with one attached hydrogen (secondary N) is 2. The summed E-state index contributed by atoms with van der Waals surface area (Å²) in [4.78, 5) is 17.3. The van der Waals surface area contributed by atoms with Crippen molar-refractivity contribution < 1.29 is 9.21 Å². The molecular weight excluding hydrogens is 372 g/mol. The number of hydrogen-bond donors (Lipinski definition) is 2. The van der Waals surface area contributed by atoms with Gasteiger partial charge in [-0.15, -0.1) is 11.3 Å². The molecule has 1 amide bonds. The van der Waals surface area contributed by atoms with Gasteiger partial charge in [-0.25, -0.2) is 4.98 Å². The molecule has 6 nitrogen and oxygen atoms in total. The van der Waals surface area contributed by atoms with E-state index in [1.165, 1.54) is 11.3 Å². The smallest absolute Gasteiger partial charge is 0.268 e. The van der Waals surface area contributed by atoms with Crippen molar-refractivity contribution >= 4 is 28.2 Å². The molecule has 1 atom stereocenters. The van der Waals surface area contributed by atoms with E-state index < -0.39 is 0 Å². The molecule has 4 aromatic rings. The molecule has 28 heavy (non-hydrogen) atoms. The quantitative estimate of drug-likeness (QED) is 0.552. The number of furan rings is 1. The van der Waals surface area contributed by atoms with Gasteiger partial charge in [0.1, 0.15) is 22.0 Å². The molecule has 0 saturated heterocycles. The summed E-state index contributed by atoms with van der Waals surface area (Å²) < 4.78 is 7.97. The number of benzene rings is 1. The lowest BCUT2D eigenvalue weighted by molar-refractivity contribution is 0.0940. The third-order valence-corrected chi connectivity index (χ3v) is 5.96. The van der Waals surface area contributed by atoms with Crippen LogP contribution in [0.1, 0.15) is 34.2 Å². The number of carbonyl (C=O) groups is 1. The Hall–Kier alpha value is -2.90. The molecule has 0 saturated carbocycles. The van der Waals surface area contributed by atoms with Crippen molar-refractivity contribution in [3.05, 3.63) is 64.2 Å². The zero-order valence-electron chi connectivity index (χ0n) is 15.4. The van der Waals surface area contributed by atoms with E-state index in [2.05, 4.69) is 27.1 Å². The molecule has 2 N–H and O–H groups in total. The molecule has 1 aliphatic heterocycles. The molecule has 1 unspecified atom stereocenters. The Labute approximate surface area is 166 Å². The van der Waals surface area contributed by atoms with Crippen LogP contribution in [0, 0.1) is 0 Å². The molecule has 0 radical (unpaired) electrons. The Morgan fingerprint density at radius 3 is 3.14 bits per heavy atom. The number of rotatable bonds is 4. The number of fused-ring (bicyclic) bond motifs is 2. The fourth-order valence-corrected chi connectivity index (χ4v) is 4.39. The number of aromatic nitrogens is 2. The van der Waals surface area contributed by atoms with Crippen molar-refractivity contribution in [2.24, 2.45) is 0 Å². The molecule has 5 rings (SSSR count). The lowest BCUT2D eigenvalue weighted by Crippen LogP contribution is -2.34. The van der Waals surface area contributed by atoms with Crippen molar-refractivity contribution in [3.63, 3.8) is 0 Å².